The van der Waals surface area contributed by atoms with Crippen LogP contribution in [0.3, 0.4) is 0 Å². The Hall–Kier alpha value is -2.42. The van der Waals surface area contributed by atoms with Crippen molar-refractivity contribution in [3.05, 3.63) is 70.8 Å². The van der Waals surface area contributed by atoms with Gasteiger partial charge in [0.15, 0.2) is 0 Å². The summed E-state index contributed by atoms with van der Waals surface area (Å²) in [5, 5.41) is 0. The molecule has 1 fully saturated rings. The van der Waals surface area contributed by atoms with Crippen LogP contribution in [-0.4, -0.2) is 29.7 Å². The zero-order valence-corrected chi connectivity index (χ0v) is 14.3. The number of carbonyl (C=O) groups is 2. The molecular weight excluding hydrogens is 298 g/mol. The van der Waals surface area contributed by atoms with Crippen molar-refractivity contribution in [3.63, 3.8) is 0 Å². The number of piperidine rings is 1. The summed E-state index contributed by atoms with van der Waals surface area (Å²) in [5.41, 5.74) is 4.37. The monoisotopic (exact) mass is 321 g/mol. The minimum Gasteiger partial charge on any atom is -0.341 e. The molecule has 0 saturated carbocycles. The third kappa shape index (κ3) is 3.56. The lowest BCUT2D eigenvalue weighted by Crippen LogP contribution is -2.41. The number of Topliss-reactive ketones (excluding diaryl/α,β-unsaturated/α-hetero) is 1. The van der Waals surface area contributed by atoms with Crippen LogP contribution in [0.5, 0.6) is 0 Å². The molecule has 3 nitrogen and oxygen atoms in total. The number of rotatable bonds is 3. The Kier molecular flexibility index (Phi) is 4.79. The Bertz CT molecular complexity index is 676. The molecular formula is C21H23NO2. The number of aryl methyl sites for hydroxylation is 2. The molecule has 3 heteroatoms. The second kappa shape index (κ2) is 7.00. The van der Waals surface area contributed by atoms with Gasteiger partial charge in [0.25, 0.3) is 0 Å². The van der Waals surface area contributed by atoms with Crippen LogP contribution in [0.4, 0.5) is 0 Å². The average Bonchev–Trinajstić information content (AvgIpc) is 2.59. The van der Waals surface area contributed by atoms with Gasteiger partial charge in [-0.1, -0.05) is 59.7 Å². The van der Waals surface area contributed by atoms with Gasteiger partial charge in [-0.15, -0.1) is 0 Å². The lowest BCUT2D eigenvalue weighted by atomic mass is 9.88. The van der Waals surface area contributed by atoms with Crippen molar-refractivity contribution in [2.24, 2.45) is 0 Å². The quantitative estimate of drug-likeness (QED) is 0.866. The van der Waals surface area contributed by atoms with Crippen LogP contribution in [0.25, 0.3) is 0 Å². The second-order valence-corrected chi connectivity index (χ2v) is 6.62. The third-order valence-corrected chi connectivity index (χ3v) is 4.70. The SMILES string of the molecule is Cc1ccc(C(C(=O)N2CCC(=O)CC2)c2ccc(C)cc2)cc1. The van der Waals surface area contributed by atoms with E-state index < -0.39 is 0 Å². The molecule has 1 amide bonds. The maximum Gasteiger partial charge on any atom is 0.234 e. The lowest BCUT2D eigenvalue weighted by Gasteiger charge is -2.30. The molecule has 0 unspecified atom stereocenters. The highest BCUT2D eigenvalue weighted by Crippen LogP contribution is 2.28. The van der Waals surface area contributed by atoms with E-state index >= 15 is 0 Å². The maximum absolute atomic E-state index is 13.2. The fourth-order valence-electron chi connectivity index (χ4n) is 3.15. The first-order chi connectivity index (χ1) is 11.5. The van der Waals surface area contributed by atoms with Gasteiger partial charge in [0.1, 0.15) is 5.78 Å². The van der Waals surface area contributed by atoms with Crippen molar-refractivity contribution in [2.75, 3.05) is 13.1 Å². The highest BCUT2D eigenvalue weighted by molar-refractivity contribution is 5.89. The van der Waals surface area contributed by atoms with E-state index in [-0.39, 0.29) is 17.6 Å². The van der Waals surface area contributed by atoms with Gasteiger partial charge in [-0.3, -0.25) is 9.59 Å². The van der Waals surface area contributed by atoms with Gasteiger partial charge >= 0.3 is 0 Å². The Balaban J connectivity index is 1.95. The molecule has 1 aliphatic rings. The standard InChI is InChI=1S/C21H23NO2/c1-15-3-7-17(8-4-15)20(18-9-5-16(2)6-10-18)21(24)22-13-11-19(23)12-14-22/h3-10,20H,11-14H2,1-2H3. The van der Waals surface area contributed by atoms with Gasteiger partial charge in [-0.25, -0.2) is 0 Å². The Labute approximate surface area is 143 Å². The smallest absolute Gasteiger partial charge is 0.234 e. The van der Waals surface area contributed by atoms with Gasteiger partial charge < -0.3 is 4.90 Å². The summed E-state index contributed by atoms with van der Waals surface area (Å²) in [6.07, 6.45) is 0.945. The largest absolute Gasteiger partial charge is 0.341 e. The average molecular weight is 321 g/mol. The molecule has 24 heavy (non-hydrogen) atoms. The summed E-state index contributed by atoms with van der Waals surface area (Å²) in [7, 11) is 0. The zero-order chi connectivity index (χ0) is 17.1. The molecule has 0 atom stereocenters. The summed E-state index contributed by atoms with van der Waals surface area (Å²) < 4.78 is 0. The molecule has 2 aromatic rings. The van der Waals surface area contributed by atoms with E-state index in [9.17, 15) is 9.59 Å². The molecule has 0 spiro atoms. The predicted molar refractivity (Wildman–Crippen MR) is 95.0 cm³/mol. The molecule has 3 rings (SSSR count). The first kappa shape index (κ1) is 16.4. The lowest BCUT2D eigenvalue weighted by molar-refractivity contribution is -0.135. The van der Waals surface area contributed by atoms with Gasteiger partial charge in [0.2, 0.25) is 5.91 Å². The predicted octanol–water partition coefficient (Wildman–Crippen LogP) is 3.63. The number of hydrogen-bond acceptors (Lipinski definition) is 2. The van der Waals surface area contributed by atoms with Gasteiger partial charge in [0.05, 0.1) is 5.92 Å². The van der Waals surface area contributed by atoms with E-state index in [0.29, 0.717) is 25.9 Å². The maximum atomic E-state index is 13.2. The molecule has 0 bridgehead atoms. The molecule has 1 heterocycles. The van der Waals surface area contributed by atoms with E-state index in [1.165, 1.54) is 11.1 Å². The van der Waals surface area contributed by atoms with Gasteiger partial charge in [-0.2, -0.15) is 0 Å². The van der Waals surface area contributed by atoms with Crippen LogP contribution in [-0.2, 0) is 9.59 Å². The van der Waals surface area contributed by atoms with Crippen LogP contribution in [0.1, 0.15) is 41.0 Å². The number of likely N-dealkylation sites (tertiary alicyclic amines) is 1. The summed E-state index contributed by atoms with van der Waals surface area (Å²) in [6, 6.07) is 16.3. The zero-order valence-electron chi connectivity index (χ0n) is 14.3. The molecule has 0 aromatic heterocycles. The van der Waals surface area contributed by atoms with E-state index in [2.05, 4.69) is 0 Å². The second-order valence-electron chi connectivity index (χ2n) is 6.62. The van der Waals surface area contributed by atoms with Crippen LogP contribution < -0.4 is 0 Å². The molecule has 1 saturated heterocycles. The van der Waals surface area contributed by atoms with Crippen molar-refractivity contribution in [3.8, 4) is 0 Å². The molecule has 0 aliphatic carbocycles. The molecule has 0 N–H and O–H groups in total. The van der Waals surface area contributed by atoms with E-state index in [1.807, 2.05) is 67.3 Å². The van der Waals surface area contributed by atoms with Gasteiger partial charge in [-0.05, 0) is 25.0 Å². The number of amides is 1. The number of nitrogens with zero attached hydrogens (tertiary/aromatic N) is 1. The first-order valence-electron chi connectivity index (χ1n) is 8.48. The summed E-state index contributed by atoms with van der Waals surface area (Å²) in [6.45, 7) is 5.16. The van der Waals surface area contributed by atoms with E-state index in [4.69, 9.17) is 0 Å². The minimum atomic E-state index is -0.306. The summed E-state index contributed by atoms with van der Waals surface area (Å²) in [5.74, 6) is 0.0379. The fraction of sp³-hybridized carbons (Fsp3) is 0.333. The number of carbonyl (C=O) groups excluding carboxylic acids is 2. The van der Waals surface area contributed by atoms with Crippen LogP contribution in [0.15, 0.2) is 48.5 Å². The van der Waals surface area contributed by atoms with E-state index in [1.54, 1.807) is 0 Å². The third-order valence-electron chi connectivity index (χ3n) is 4.70. The highest BCUT2D eigenvalue weighted by Gasteiger charge is 2.29. The Morgan fingerprint density at radius 3 is 1.67 bits per heavy atom. The fourth-order valence-corrected chi connectivity index (χ4v) is 3.15. The first-order valence-corrected chi connectivity index (χ1v) is 8.48. The van der Waals surface area contributed by atoms with E-state index in [0.717, 1.165) is 11.1 Å². The molecule has 124 valence electrons. The van der Waals surface area contributed by atoms with Crippen LogP contribution >= 0.6 is 0 Å². The Morgan fingerprint density at radius 2 is 1.25 bits per heavy atom. The summed E-state index contributed by atoms with van der Waals surface area (Å²) >= 11 is 0. The number of hydrogen-bond donors (Lipinski definition) is 0. The summed E-state index contributed by atoms with van der Waals surface area (Å²) in [4.78, 5) is 26.5. The minimum absolute atomic E-state index is 0.0928. The number of ketones is 1. The molecule has 1 aliphatic heterocycles. The molecule has 0 radical (unpaired) electrons. The highest BCUT2D eigenvalue weighted by atomic mass is 16.2. The van der Waals surface area contributed by atoms with Crippen molar-refractivity contribution in [1.82, 2.24) is 4.90 Å². The van der Waals surface area contributed by atoms with Gasteiger partial charge in [0, 0.05) is 25.9 Å². The molecule has 2 aromatic carbocycles. The van der Waals surface area contributed by atoms with Crippen molar-refractivity contribution >= 4 is 11.7 Å². The van der Waals surface area contributed by atoms with Crippen LogP contribution in [0.2, 0.25) is 0 Å². The van der Waals surface area contributed by atoms with Crippen molar-refractivity contribution < 1.29 is 9.59 Å². The topological polar surface area (TPSA) is 37.4 Å². The van der Waals surface area contributed by atoms with Crippen LogP contribution in [0, 0.1) is 13.8 Å². The van der Waals surface area contributed by atoms with Crippen molar-refractivity contribution in [2.45, 2.75) is 32.6 Å². The Morgan fingerprint density at radius 1 is 0.833 bits per heavy atom. The normalized spacial score (nSPS) is 15.0. The van der Waals surface area contributed by atoms with Crippen molar-refractivity contribution in [1.29, 1.82) is 0 Å². The number of benzene rings is 2.